The SMILES string of the molecule is CCOC(=O)c1c(S(=O)(=O)N2CCC(C(=O)Nc3ccccc3F)CC2)c(C)n(C)c1C. The van der Waals surface area contributed by atoms with Crippen LogP contribution in [0.3, 0.4) is 0 Å². The Morgan fingerprint density at radius 3 is 2.38 bits per heavy atom. The normalized spacial score (nSPS) is 15.5. The van der Waals surface area contributed by atoms with Crippen molar-refractivity contribution in [2.24, 2.45) is 13.0 Å². The second-order valence-corrected chi connectivity index (χ2v) is 9.68. The third kappa shape index (κ3) is 4.42. The average molecular weight is 466 g/mol. The first kappa shape index (κ1) is 23.9. The van der Waals surface area contributed by atoms with Gasteiger partial charge in [-0.2, -0.15) is 4.31 Å². The number of hydrogen-bond donors (Lipinski definition) is 1. The Morgan fingerprint density at radius 1 is 1.16 bits per heavy atom. The van der Waals surface area contributed by atoms with Crippen molar-refractivity contribution in [3.8, 4) is 0 Å². The number of esters is 1. The summed E-state index contributed by atoms with van der Waals surface area (Å²) in [6.45, 7) is 5.36. The van der Waals surface area contributed by atoms with Crippen LogP contribution in [0.5, 0.6) is 0 Å². The van der Waals surface area contributed by atoms with Gasteiger partial charge in [0.2, 0.25) is 15.9 Å². The van der Waals surface area contributed by atoms with Crippen molar-refractivity contribution in [1.82, 2.24) is 8.87 Å². The molecule has 2 heterocycles. The molecule has 1 aliphatic rings. The van der Waals surface area contributed by atoms with E-state index in [-0.39, 0.29) is 41.7 Å². The predicted octanol–water partition coefficient (Wildman–Crippen LogP) is 3.00. The molecular formula is C22H28FN3O5S. The van der Waals surface area contributed by atoms with E-state index in [1.807, 2.05) is 0 Å². The lowest BCUT2D eigenvalue weighted by atomic mass is 9.97. The summed E-state index contributed by atoms with van der Waals surface area (Å²) < 4.78 is 48.8. The number of halogens is 1. The van der Waals surface area contributed by atoms with Crippen molar-refractivity contribution in [3.63, 3.8) is 0 Å². The van der Waals surface area contributed by atoms with Crippen LogP contribution >= 0.6 is 0 Å². The Morgan fingerprint density at radius 2 is 1.78 bits per heavy atom. The highest BCUT2D eigenvalue weighted by Crippen LogP contribution is 2.32. The van der Waals surface area contributed by atoms with Crippen molar-refractivity contribution >= 4 is 27.6 Å². The fourth-order valence-corrected chi connectivity index (χ4v) is 5.91. The third-order valence-corrected chi connectivity index (χ3v) is 8.02. The molecular weight excluding hydrogens is 437 g/mol. The molecule has 2 aromatic rings. The molecule has 0 radical (unpaired) electrons. The first-order valence-electron chi connectivity index (χ1n) is 10.5. The van der Waals surface area contributed by atoms with E-state index in [1.54, 1.807) is 38.5 Å². The van der Waals surface area contributed by atoms with Crippen LogP contribution in [-0.2, 0) is 26.6 Å². The number of carbonyl (C=O) groups excluding carboxylic acids is 2. The van der Waals surface area contributed by atoms with Gasteiger partial charge in [-0.3, -0.25) is 4.79 Å². The van der Waals surface area contributed by atoms with Crippen LogP contribution in [0.2, 0.25) is 0 Å². The van der Waals surface area contributed by atoms with Gasteiger partial charge in [-0.15, -0.1) is 0 Å². The third-order valence-electron chi connectivity index (χ3n) is 5.96. The van der Waals surface area contributed by atoms with E-state index in [9.17, 15) is 22.4 Å². The van der Waals surface area contributed by atoms with Crippen molar-refractivity contribution < 1.29 is 27.1 Å². The maximum Gasteiger partial charge on any atom is 0.341 e. The first-order valence-corrected chi connectivity index (χ1v) is 11.9. The highest BCUT2D eigenvalue weighted by Gasteiger charge is 2.38. The number of hydrogen-bond acceptors (Lipinski definition) is 5. The molecule has 1 amide bonds. The molecule has 1 saturated heterocycles. The lowest BCUT2D eigenvalue weighted by molar-refractivity contribution is -0.120. The zero-order valence-corrected chi connectivity index (χ0v) is 19.5. The summed E-state index contributed by atoms with van der Waals surface area (Å²) in [5.74, 6) is -1.98. The average Bonchev–Trinajstić information content (AvgIpc) is 3.00. The molecule has 0 spiro atoms. The van der Waals surface area contributed by atoms with Gasteiger partial charge in [0.15, 0.2) is 0 Å². The topological polar surface area (TPSA) is 97.7 Å². The van der Waals surface area contributed by atoms with Gasteiger partial charge in [0.25, 0.3) is 0 Å². The highest BCUT2D eigenvalue weighted by molar-refractivity contribution is 7.89. The minimum absolute atomic E-state index is 0.0475. The molecule has 3 rings (SSSR count). The van der Waals surface area contributed by atoms with Crippen LogP contribution in [-0.4, -0.2) is 48.9 Å². The fraction of sp³-hybridized carbons (Fsp3) is 0.455. The van der Waals surface area contributed by atoms with Gasteiger partial charge in [-0.25, -0.2) is 17.6 Å². The zero-order chi connectivity index (χ0) is 23.6. The highest BCUT2D eigenvalue weighted by atomic mass is 32.2. The molecule has 1 aromatic heterocycles. The number of anilines is 1. The molecule has 8 nitrogen and oxygen atoms in total. The van der Waals surface area contributed by atoms with Crippen LogP contribution in [0.15, 0.2) is 29.2 Å². The lowest BCUT2D eigenvalue weighted by Gasteiger charge is -2.30. The van der Waals surface area contributed by atoms with E-state index in [2.05, 4.69) is 5.32 Å². The number of para-hydroxylation sites is 1. The van der Waals surface area contributed by atoms with Crippen molar-refractivity contribution in [2.45, 2.75) is 38.5 Å². The summed E-state index contributed by atoms with van der Waals surface area (Å²) in [6.07, 6.45) is 0.582. The monoisotopic (exact) mass is 465 g/mol. The minimum Gasteiger partial charge on any atom is -0.462 e. The van der Waals surface area contributed by atoms with Gasteiger partial charge >= 0.3 is 5.97 Å². The number of sulfonamides is 1. The summed E-state index contributed by atoms with van der Waals surface area (Å²) in [5.41, 5.74) is 1.11. The van der Waals surface area contributed by atoms with E-state index < -0.39 is 27.7 Å². The molecule has 0 saturated carbocycles. The van der Waals surface area contributed by atoms with E-state index in [0.717, 1.165) is 0 Å². The molecule has 10 heteroatoms. The number of carbonyl (C=O) groups is 2. The fourth-order valence-electron chi connectivity index (χ4n) is 3.96. The van der Waals surface area contributed by atoms with Gasteiger partial charge in [0, 0.05) is 37.4 Å². The molecule has 0 atom stereocenters. The lowest BCUT2D eigenvalue weighted by Crippen LogP contribution is -2.42. The maximum atomic E-state index is 13.8. The Hall–Kier alpha value is -2.72. The smallest absolute Gasteiger partial charge is 0.341 e. The van der Waals surface area contributed by atoms with E-state index >= 15 is 0 Å². The Bertz CT molecular complexity index is 1130. The van der Waals surface area contributed by atoms with Crippen LogP contribution in [0.1, 0.15) is 41.5 Å². The summed E-state index contributed by atoms with van der Waals surface area (Å²) >= 11 is 0. The Kier molecular flexibility index (Phi) is 7.04. The van der Waals surface area contributed by atoms with Crippen LogP contribution in [0.25, 0.3) is 0 Å². The molecule has 0 unspecified atom stereocenters. The quantitative estimate of drug-likeness (QED) is 0.662. The molecule has 1 fully saturated rings. The Labute approximate surface area is 187 Å². The van der Waals surface area contributed by atoms with E-state index in [0.29, 0.717) is 24.2 Å². The number of nitrogens with zero attached hydrogens (tertiary/aromatic N) is 2. The van der Waals surface area contributed by atoms with Crippen LogP contribution < -0.4 is 5.32 Å². The predicted molar refractivity (Wildman–Crippen MR) is 117 cm³/mol. The number of piperidine rings is 1. The van der Waals surface area contributed by atoms with Crippen molar-refractivity contribution in [3.05, 3.63) is 47.0 Å². The van der Waals surface area contributed by atoms with Crippen molar-refractivity contribution in [2.75, 3.05) is 25.0 Å². The van der Waals surface area contributed by atoms with Crippen LogP contribution in [0.4, 0.5) is 10.1 Å². The Balaban J connectivity index is 1.78. The minimum atomic E-state index is -3.98. The molecule has 32 heavy (non-hydrogen) atoms. The number of benzene rings is 1. The zero-order valence-electron chi connectivity index (χ0n) is 18.6. The molecule has 174 valence electrons. The maximum absolute atomic E-state index is 13.8. The standard InChI is InChI=1S/C22H28FN3O5S/c1-5-31-22(28)19-14(2)25(4)15(3)20(19)32(29,30)26-12-10-16(11-13-26)21(27)24-18-9-7-6-8-17(18)23/h6-9,16H,5,10-13H2,1-4H3,(H,24,27). The largest absolute Gasteiger partial charge is 0.462 e. The molecule has 0 aliphatic carbocycles. The number of ether oxygens (including phenoxy) is 1. The second kappa shape index (κ2) is 9.41. The summed E-state index contributed by atoms with van der Waals surface area (Å²) in [7, 11) is -2.28. The summed E-state index contributed by atoms with van der Waals surface area (Å²) in [4.78, 5) is 25.0. The molecule has 1 N–H and O–H groups in total. The van der Waals surface area contributed by atoms with Crippen molar-refractivity contribution in [1.29, 1.82) is 0 Å². The van der Waals surface area contributed by atoms with Gasteiger partial charge in [-0.1, -0.05) is 12.1 Å². The van der Waals surface area contributed by atoms with Gasteiger partial charge in [0.1, 0.15) is 16.3 Å². The van der Waals surface area contributed by atoms with Gasteiger partial charge < -0.3 is 14.6 Å². The summed E-state index contributed by atoms with van der Waals surface area (Å²) in [5, 5.41) is 2.58. The molecule has 0 bridgehead atoms. The first-order chi connectivity index (χ1) is 15.1. The van der Waals surface area contributed by atoms with Crippen LogP contribution in [0, 0.1) is 25.6 Å². The van der Waals surface area contributed by atoms with E-state index in [1.165, 1.54) is 22.5 Å². The summed E-state index contributed by atoms with van der Waals surface area (Å²) in [6, 6.07) is 5.89. The number of nitrogens with one attached hydrogen (secondary N) is 1. The molecule has 1 aromatic carbocycles. The van der Waals surface area contributed by atoms with E-state index in [4.69, 9.17) is 4.74 Å². The number of rotatable bonds is 6. The van der Waals surface area contributed by atoms with Gasteiger partial charge in [0.05, 0.1) is 12.3 Å². The number of amides is 1. The number of aromatic nitrogens is 1. The molecule has 1 aliphatic heterocycles. The second-order valence-electron chi connectivity index (χ2n) is 7.80. The van der Waals surface area contributed by atoms with Gasteiger partial charge in [-0.05, 0) is 45.7 Å².